The van der Waals surface area contributed by atoms with E-state index in [1.54, 1.807) is 0 Å². The zero-order valence-corrected chi connectivity index (χ0v) is 13.6. The highest BCUT2D eigenvalue weighted by atomic mass is 28.4. The molecule has 6 heteroatoms. The Morgan fingerprint density at radius 2 is 1.84 bits per heavy atom. The lowest BCUT2D eigenvalue weighted by atomic mass is 10.2. The highest BCUT2D eigenvalue weighted by Crippen LogP contribution is 2.27. The van der Waals surface area contributed by atoms with Crippen LogP contribution in [-0.4, -0.2) is 56.2 Å². The second kappa shape index (κ2) is 7.26. The van der Waals surface area contributed by atoms with Crippen LogP contribution in [0.5, 0.6) is 0 Å². The molecule has 0 unspecified atom stereocenters. The van der Waals surface area contributed by atoms with Gasteiger partial charge in [-0.2, -0.15) is 0 Å². The molecule has 1 rings (SSSR count). The zero-order chi connectivity index (χ0) is 14.5. The molecule has 1 fully saturated rings. The molecule has 1 amide bonds. The molecule has 0 radical (unpaired) electrons. The molecule has 0 aliphatic carbocycles. The van der Waals surface area contributed by atoms with Crippen LogP contribution in [0.1, 0.15) is 27.7 Å². The lowest BCUT2D eigenvalue weighted by Gasteiger charge is -2.33. The maximum atomic E-state index is 11.1. The van der Waals surface area contributed by atoms with Crippen LogP contribution in [0.15, 0.2) is 0 Å². The van der Waals surface area contributed by atoms with Crippen molar-refractivity contribution in [1.29, 1.82) is 0 Å². The van der Waals surface area contributed by atoms with Crippen LogP contribution >= 0.6 is 0 Å². The summed E-state index contributed by atoms with van der Waals surface area (Å²) in [5, 5.41) is 12.5. The first-order chi connectivity index (χ1) is 9.01. The molecule has 2 N–H and O–H groups in total. The van der Waals surface area contributed by atoms with Crippen molar-refractivity contribution in [2.45, 2.75) is 58.0 Å². The van der Waals surface area contributed by atoms with E-state index in [1.165, 1.54) is 4.90 Å². The summed E-state index contributed by atoms with van der Waals surface area (Å²) in [6, 6.07) is 3.44. The summed E-state index contributed by atoms with van der Waals surface area (Å²) in [6.07, 6.45) is -0.826. The summed E-state index contributed by atoms with van der Waals surface area (Å²) in [5.74, 6) is 0. The lowest BCUT2D eigenvalue weighted by molar-refractivity contribution is 0.141. The number of likely N-dealkylation sites (N-methyl/N-ethyl adjacent to an activating group) is 1. The van der Waals surface area contributed by atoms with Gasteiger partial charge in [0, 0.05) is 6.54 Å². The minimum absolute atomic E-state index is 0.0163. The Kier molecular flexibility index (Phi) is 6.29. The standard InChI is InChI=1S/C13H28N2O3Si/c1-5-14-11-9-15(13(16)17)10-12(11)18-19(6-2,7-3)8-4/h11-12,14H,5-10H2,1-4H3,(H,16,17)/t11-,12-/m1/s1. The van der Waals surface area contributed by atoms with Crippen molar-refractivity contribution < 1.29 is 14.3 Å². The third kappa shape index (κ3) is 3.93. The first-order valence-electron chi connectivity index (χ1n) is 7.40. The number of carbonyl (C=O) groups is 1. The molecule has 1 aliphatic rings. The van der Waals surface area contributed by atoms with E-state index in [2.05, 4.69) is 26.1 Å². The molecule has 1 aliphatic heterocycles. The van der Waals surface area contributed by atoms with Crippen LogP contribution in [0.4, 0.5) is 4.79 Å². The average molecular weight is 288 g/mol. The molecule has 112 valence electrons. The van der Waals surface area contributed by atoms with Crippen molar-refractivity contribution in [3.8, 4) is 0 Å². The third-order valence-electron chi connectivity index (χ3n) is 4.34. The quantitative estimate of drug-likeness (QED) is 0.706. The maximum absolute atomic E-state index is 11.1. The predicted octanol–water partition coefficient (Wildman–Crippen LogP) is 2.35. The number of carboxylic acid groups (broad SMARTS) is 1. The summed E-state index contributed by atoms with van der Waals surface area (Å²) < 4.78 is 6.46. The van der Waals surface area contributed by atoms with E-state index < -0.39 is 14.4 Å². The fourth-order valence-corrected chi connectivity index (χ4v) is 5.71. The normalized spacial score (nSPS) is 23.9. The SMILES string of the molecule is CCN[C@@H]1CN(C(=O)O)C[C@H]1O[Si](CC)(CC)CC. The van der Waals surface area contributed by atoms with Gasteiger partial charge in [0.2, 0.25) is 0 Å². The fourth-order valence-electron chi connectivity index (χ4n) is 2.83. The second-order valence-corrected chi connectivity index (χ2v) is 9.97. The van der Waals surface area contributed by atoms with Crippen LogP contribution < -0.4 is 5.32 Å². The van der Waals surface area contributed by atoms with Crippen molar-refractivity contribution in [2.75, 3.05) is 19.6 Å². The Bertz CT molecular complexity index is 289. The zero-order valence-electron chi connectivity index (χ0n) is 12.6. The first kappa shape index (κ1) is 16.5. The Balaban J connectivity index is 2.75. The second-order valence-electron chi connectivity index (χ2n) is 5.25. The van der Waals surface area contributed by atoms with E-state index in [0.29, 0.717) is 13.1 Å². The van der Waals surface area contributed by atoms with Gasteiger partial charge in [-0.25, -0.2) is 4.79 Å². The summed E-state index contributed by atoms with van der Waals surface area (Å²) in [5.41, 5.74) is 0. The number of likely N-dealkylation sites (tertiary alicyclic amines) is 1. The minimum atomic E-state index is -1.68. The number of rotatable bonds is 7. The van der Waals surface area contributed by atoms with Crippen LogP contribution in [-0.2, 0) is 4.43 Å². The van der Waals surface area contributed by atoms with E-state index in [4.69, 9.17) is 9.53 Å². The first-order valence-corrected chi connectivity index (χ1v) is 9.93. The van der Waals surface area contributed by atoms with E-state index in [0.717, 1.165) is 24.7 Å². The van der Waals surface area contributed by atoms with E-state index in [1.807, 2.05) is 6.92 Å². The highest BCUT2D eigenvalue weighted by Gasteiger charge is 2.40. The molecular formula is C13H28N2O3Si. The molecule has 0 aromatic rings. The van der Waals surface area contributed by atoms with Gasteiger partial charge in [-0.15, -0.1) is 0 Å². The van der Waals surface area contributed by atoms with Gasteiger partial charge in [-0.1, -0.05) is 27.7 Å². The topological polar surface area (TPSA) is 61.8 Å². The highest BCUT2D eigenvalue weighted by molar-refractivity contribution is 6.73. The van der Waals surface area contributed by atoms with Gasteiger partial charge >= 0.3 is 6.09 Å². The van der Waals surface area contributed by atoms with Crippen molar-refractivity contribution >= 4 is 14.4 Å². The van der Waals surface area contributed by atoms with E-state index in [9.17, 15) is 4.79 Å². The van der Waals surface area contributed by atoms with Gasteiger partial charge in [-0.3, -0.25) is 0 Å². The Morgan fingerprint density at radius 3 is 2.26 bits per heavy atom. The molecule has 1 saturated heterocycles. The molecule has 5 nitrogen and oxygen atoms in total. The largest absolute Gasteiger partial charge is 0.465 e. The van der Waals surface area contributed by atoms with Crippen LogP contribution in [0.3, 0.4) is 0 Å². The predicted molar refractivity (Wildman–Crippen MR) is 79.1 cm³/mol. The van der Waals surface area contributed by atoms with Gasteiger partial charge in [0.15, 0.2) is 8.32 Å². The molecule has 0 spiro atoms. The molecule has 0 bridgehead atoms. The lowest BCUT2D eigenvalue weighted by Crippen LogP contribution is -2.48. The van der Waals surface area contributed by atoms with Crippen molar-refractivity contribution in [3.05, 3.63) is 0 Å². The van der Waals surface area contributed by atoms with Gasteiger partial charge in [0.1, 0.15) is 0 Å². The summed E-state index contributed by atoms with van der Waals surface area (Å²) in [6.45, 7) is 10.5. The number of hydrogen-bond donors (Lipinski definition) is 2. The van der Waals surface area contributed by atoms with Gasteiger partial charge < -0.3 is 19.7 Å². The third-order valence-corrected chi connectivity index (χ3v) is 9.01. The number of nitrogens with one attached hydrogen (secondary N) is 1. The monoisotopic (exact) mass is 288 g/mol. The number of nitrogens with zero attached hydrogens (tertiary/aromatic N) is 1. The fraction of sp³-hybridized carbons (Fsp3) is 0.923. The maximum Gasteiger partial charge on any atom is 0.407 e. The minimum Gasteiger partial charge on any atom is -0.465 e. The average Bonchev–Trinajstić information content (AvgIpc) is 2.80. The van der Waals surface area contributed by atoms with Gasteiger partial charge in [0.05, 0.1) is 18.7 Å². The van der Waals surface area contributed by atoms with Crippen LogP contribution in [0.2, 0.25) is 18.1 Å². The van der Waals surface area contributed by atoms with Gasteiger partial charge in [-0.05, 0) is 24.7 Å². The van der Waals surface area contributed by atoms with Crippen molar-refractivity contribution in [2.24, 2.45) is 0 Å². The van der Waals surface area contributed by atoms with E-state index >= 15 is 0 Å². The summed E-state index contributed by atoms with van der Waals surface area (Å²) in [4.78, 5) is 12.6. The number of hydrogen-bond acceptors (Lipinski definition) is 3. The Labute approximate surface area is 117 Å². The Morgan fingerprint density at radius 1 is 1.26 bits per heavy atom. The molecular weight excluding hydrogens is 260 g/mol. The summed E-state index contributed by atoms with van der Waals surface area (Å²) in [7, 11) is -1.68. The number of amides is 1. The molecule has 0 aromatic heterocycles. The van der Waals surface area contributed by atoms with E-state index in [-0.39, 0.29) is 12.1 Å². The van der Waals surface area contributed by atoms with Crippen molar-refractivity contribution in [1.82, 2.24) is 10.2 Å². The van der Waals surface area contributed by atoms with Crippen LogP contribution in [0.25, 0.3) is 0 Å². The van der Waals surface area contributed by atoms with Gasteiger partial charge in [0.25, 0.3) is 0 Å². The molecule has 0 aromatic carbocycles. The smallest absolute Gasteiger partial charge is 0.407 e. The molecule has 19 heavy (non-hydrogen) atoms. The molecule has 2 atom stereocenters. The Hall–Kier alpha value is -0.593. The molecule has 1 heterocycles. The van der Waals surface area contributed by atoms with Crippen LogP contribution in [0, 0.1) is 0 Å². The van der Waals surface area contributed by atoms with Crippen molar-refractivity contribution in [3.63, 3.8) is 0 Å². The molecule has 0 saturated carbocycles. The summed E-state index contributed by atoms with van der Waals surface area (Å²) >= 11 is 0.